The van der Waals surface area contributed by atoms with Crippen LogP contribution < -0.4 is 5.32 Å². The number of aryl methyl sites for hydroxylation is 1. The van der Waals surface area contributed by atoms with E-state index < -0.39 is 17.9 Å². The van der Waals surface area contributed by atoms with Crippen LogP contribution in [0.15, 0.2) is 18.2 Å². The van der Waals surface area contributed by atoms with Crippen molar-refractivity contribution in [2.45, 2.75) is 46.1 Å². The van der Waals surface area contributed by atoms with Gasteiger partial charge in [0, 0.05) is 19.0 Å². The van der Waals surface area contributed by atoms with Crippen molar-refractivity contribution in [3.63, 3.8) is 0 Å². The third-order valence-corrected chi connectivity index (χ3v) is 3.67. The minimum Gasteiger partial charge on any atom is -0.330 e. The van der Waals surface area contributed by atoms with Crippen LogP contribution in [0.5, 0.6) is 0 Å². The lowest BCUT2D eigenvalue weighted by atomic mass is 9.99. The molecule has 1 atom stereocenters. The molecule has 0 aromatic heterocycles. The molecule has 1 aromatic carbocycles. The highest BCUT2D eigenvalue weighted by atomic mass is 16.2. The number of carbonyl (C=O) groups excluding carboxylic acids is 4. The molecule has 1 heterocycles. The molecule has 1 unspecified atom stereocenters. The van der Waals surface area contributed by atoms with Crippen molar-refractivity contribution in [2.75, 3.05) is 7.05 Å². The van der Waals surface area contributed by atoms with Crippen molar-refractivity contribution >= 4 is 24.0 Å². The van der Waals surface area contributed by atoms with Crippen LogP contribution in [-0.4, -0.2) is 42.0 Å². The normalized spacial score (nSPS) is 16.6. The molecule has 6 heteroatoms. The summed E-state index contributed by atoms with van der Waals surface area (Å²) in [5.41, 5.74) is 1.28. The average molecular weight is 332 g/mol. The van der Waals surface area contributed by atoms with E-state index in [-0.39, 0.29) is 24.3 Å². The van der Waals surface area contributed by atoms with Gasteiger partial charge in [-0.3, -0.25) is 24.5 Å². The van der Waals surface area contributed by atoms with Crippen molar-refractivity contribution in [2.24, 2.45) is 0 Å². The highest BCUT2D eigenvalue weighted by molar-refractivity contribution is 6.06. The predicted molar refractivity (Wildman–Crippen MR) is 90.8 cm³/mol. The fourth-order valence-corrected chi connectivity index (χ4v) is 2.41. The monoisotopic (exact) mass is 332 g/mol. The quantitative estimate of drug-likeness (QED) is 0.679. The lowest BCUT2D eigenvalue weighted by Gasteiger charge is -2.30. The summed E-state index contributed by atoms with van der Waals surface area (Å²) in [7, 11) is 1.50. The SMILES string of the molecule is CCC.Cc1cccc(C(=O)N(C)C2CCC(=O)NC2=O)c1C=O. The van der Waals surface area contributed by atoms with Gasteiger partial charge in [-0.1, -0.05) is 32.4 Å². The average Bonchev–Trinajstić information content (AvgIpc) is 2.54. The molecule has 1 aliphatic heterocycles. The van der Waals surface area contributed by atoms with Crippen molar-refractivity contribution in [1.29, 1.82) is 0 Å². The fourth-order valence-electron chi connectivity index (χ4n) is 2.41. The number of hydrogen-bond donors (Lipinski definition) is 1. The van der Waals surface area contributed by atoms with Crippen LogP contribution in [0.2, 0.25) is 0 Å². The number of amides is 3. The molecule has 24 heavy (non-hydrogen) atoms. The molecular weight excluding hydrogens is 308 g/mol. The van der Waals surface area contributed by atoms with E-state index in [4.69, 9.17) is 0 Å². The Kier molecular flexibility index (Phi) is 7.30. The molecule has 130 valence electrons. The first-order valence-corrected chi connectivity index (χ1v) is 8.02. The predicted octanol–water partition coefficient (Wildman–Crippen LogP) is 2.10. The van der Waals surface area contributed by atoms with Gasteiger partial charge in [0.25, 0.3) is 5.91 Å². The molecule has 1 saturated heterocycles. The van der Waals surface area contributed by atoms with E-state index in [1.807, 2.05) is 0 Å². The van der Waals surface area contributed by atoms with Crippen molar-refractivity contribution < 1.29 is 19.2 Å². The van der Waals surface area contributed by atoms with Crippen molar-refractivity contribution in [3.05, 3.63) is 34.9 Å². The van der Waals surface area contributed by atoms with E-state index in [9.17, 15) is 19.2 Å². The molecular formula is C18H24N2O4. The van der Waals surface area contributed by atoms with Crippen LogP contribution in [0.1, 0.15) is 59.4 Å². The van der Waals surface area contributed by atoms with Crippen LogP contribution in [0.4, 0.5) is 0 Å². The van der Waals surface area contributed by atoms with E-state index >= 15 is 0 Å². The van der Waals surface area contributed by atoms with Gasteiger partial charge in [-0.2, -0.15) is 0 Å². The summed E-state index contributed by atoms with van der Waals surface area (Å²) in [6.07, 6.45) is 2.37. The number of rotatable bonds is 3. The van der Waals surface area contributed by atoms with E-state index in [2.05, 4.69) is 19.2 Å². The molecule has 2 rings (SSSR count). The zero-order chi connectivity index (χ0) is 18.3. The zero-order valence-corrected chi connectivity index (χ0v) is 14.6. The topological polar surface area (TPSA) is 83.6 Å². The lowest BCUT2D eigenvalue weighted by molar-refractivity contribution is -0.136. The lowest BCUT2D eigenvalue weighted by Crippen LogP contribution is -2.53. The Morgan fingerprint density at radius 1 is 1.33 bits per heavy atom. The van der Waals surface area contributed by atoms with E-state index in [0.29, 0.717) is 17.4 Å². The summed E-state index contributed by atoms with van der Waals surface area (Å²) in [4.78, 5) is 47.9. The molecule has 1 fully saturated rings. The first-order valence-electron chi connectivity index (χ1n) is 8.02. The Labute approximate surface area is 142 Å². The minimum atomic E-state index is -0.699. The van der Waals surface area contributed by atoms with E-state index in [1.54, 1.807) is 25.1 Å². The Morgan fingerprint density at radius 2 is 1.96 bits per heavy atom. The van der Waals surface area contributed by atoms with Crippen molar-refractivity contribution in [3.8, 4) is 0 Å². The van der Waals surface area contributed by atoms with Crippen LogP contribution in [0.25, 0.3) is 0 Å². The number of nitrogens with one attached hydrogen (secondary N) is 1. The maximum atomic E-state index is 12.5. The number of imide groups is 1. The van der Waals surface area contributed by atoms with Gasteiger partial charge in [0.1, 0.15) is 6.04 Å². The maximum absolute atomic E-state index is 12.5. The van der Waals surface area contributed by atoms with Gasteiger partial charge in [-0.25, -0.2) is 0 Å². The first-order chi connectivity index (χ1) is 11.4. The molecule has 0 radical (unpaired) electrons. The number of piperidine rings is 1. The second-order valence-electron chi connectivity index (χ2n) is 5.74. The number of likely N-dealkylation sites (N-methyl/N-ethyl adjacent to an activating group) is 1. The largest absolute Gasteiger partial charge is 0.330 e. The summed E-state index contributed by atoms with van der Waals surface area (Å²) >= 11 is 0. The summed E-state index contributed by atoms with van der Waals surface area (Å²) in [5, 5.41) is 2.22. The summed E-state index contributed by atoms with van der Waals surface area (Å²) < 4.78 is 0. The van der Waals surface area contributed by atoms with Crippen LogP contribution >= 0.6 is 0 Å². The highest BCUT2D eigenvalue weighted by Crippen LogP contribution is 2.18. The van der Waals surface area contributed by atoms with Crippen molar-refractivity contribution in [1.82, 2.24) is 10.2 Å². The summed E-state index contributed by atoms with van der Waals surface area (Å²) in [6.45, 7) is 5.99. The molecule has 6 nitrogen and oxygen atoms in total. The standard InChI is InChI=1S/C15H16N2O4.C3H8/c1-9-4-3-5-10(11(9)8-18)15(21)17(2)12-6-7-13(19)16-14(12)20;1-3-2/h3-5,8,12H,6-7H2,1-2H3,(H,16,19,20);3H2,1-2H3. The second-order valence-corrected chi connectivity index (χ2v) is 5.74. The number of nitrogens with zero attached hydrogens (tertiary/aromatic N) is 1. The van der Waals surface area contributed by atoms with Gasteiger partial charge in [-0.15, -0.1) is 0 Å². The highest BCUT2D eigenvalue weighted by Gasteiger charge is 2.33. The Morgan fingerprint density at radius 3 is 2.50 bits per heavy atom. The third kappa shape index (κ3) is 4.50. The molecule has 1 aromatic rings. The van der Waals surface area contributed by atoms with Gasteiger partial charge in [-0.05, 0) is 25.0 Å². The molecule has 3 amide bonds. The first kappa shape index (κ1) is 19.5. The molecule has 0 spiro atoms. The smallest absolute Gasteiger partial charge is 0.255 e. The zero-order valence-electron chi connectivity index (χ0n) is 14.6. The second kappa shape index (κ2) is 8.96. The number of benzene rings is 1. The summed E-state index contributed by atoms with van der Waals surface area (Å²) in [5.74, 6) is -1.22. The Balaban J connectivity index is 0.000000891. The minimum absolute atomic E-state index is 0.197. The van der Waals surface area contributed by atoms with Crippen LogP contribution in [0, 0.1) is 6.92 Å². The summed E-state index contributed by atoms with van der Waals surface area (Å²) in [6, 6.07) is 4.29. The van der Waals surface area contributed by atoms with Crippen LogP contribution in [0.3, 0.4) is 0 Å². The Bertz CT molecular complexity index is 640. The van der Waals surface area contributed by atoms with Gasteiger partial charge in [0.2, 0.25) is 11.8 Å². The van der Waals surface area contributed by atoms with Crippen LogP contribution in [-0.2, 0) is 9.59 Å². The van der Waals surface area contributed by atoms with Gasteiger partial charge in [0.15, 0.2) is 6.29 Å². The molecule has 0 bridgehead atoms. The van der Waals surface area contributed by atoms with Gasteiger partial charge < -0.3 is 4.90 Å². The van der Waals surface area contributed by atoms with Gasteiger partial charge in [0.05, 0.1) is 5.56 Å². The van der Waals surface area contributed by atoms with E-state index in [0.717, 1.165) is 0 Å². The third-order valence-electron chi connectivity index (χ3n) is 3.67. The number of carbonyl (C=O) groups is 4. The number of aldehydes is 1. The Hall–Kier alpha value is -2.50. The number of hydrogen-bond acceptors (Lipinski definition) is 4. The molecule has 1 aliphatic rings. The molecule has 0 saturated carbocycles. The molecule has 1 N–H and O–H groups in total. The fraction of sp³-hybridized carbons (Fsp3) is 0.444. The maximum Gasteiger partial charge on any atom is 0.255 e. The van der Waals surface area contributed by atoms with E-state index in [1.165, 1.54) is 18.4 Å². The molecule has 0 aliphatic carbocycles. The van der Waals surface area contributed by atoms with Gasteiger partial charge >= 0.3 is 0 Å².